The smallest absolute Gasteiger partial charge is 0.472 e. The van der Waals surface area contributed by atoms with Gasteiger partial charge in [-0.15, -0.1) is 0 Å². The molecule has 7 heteroatoms. The predicted octanol–water partition coefficient (Wildman–Crippen LogP) is 6.36. The molecule has 0 amide bonds. The molecule has 0 saturated heterocycles. The average molecular weight is 448 g/mol. The first-order valence-corrected chi connectivity index (χ1v) is 11.9. The Kier molecular flexibility index (Phi) is 8.12. The molecule has 0 spiro atoms. The highest BCUT2D eigenvalue weighted by Gasteiger charge is 2.32. The van der Waals surface area contributed by atoms with Crippen molar-refractivity contribution in [3.8, 4) is 22.6 Å². The number of rotatable bonds is 10. The number of phenols is 1. The first-order chi connectivity index (χ1) is 14.3. The first-order valence-electron chi connectivity index (χ1n) is 10.4. The van der Waals surface area contributed by atoms with Gasteiger partial charge in [0, 0.05) is 13.8 Å². The van der Waals surface area contributed by atoms with Gasteiger partial charge in [0.05, 0.1) is 5.56 Å². The lowest BCUT2D eigenvalue weighted by Gasteiger charge is -2.28. The molecule has 0 aromatic heterocycles. The van der Waals surface area contributed by atoms with Crippen molar-refractivity contribution in [2.75, 3.05) is 0 Å². The summed E-state index contributed by atoms with van der Waals surface area (Å²) in [4.78, 5) is 18.5. The maximum atomic E-state index is 11.4. The number of aryl methyl sites for hydroxylation is 2. The summed E-state index contributed by atoms with van der Waals surface area (Å²) >= 11 is 0. The van der Waals surface area contributed by atoms with Gasteiger partial charge in [0.15, 0.2) is 0 Å². The fourth-order valence-corrected chi connectivity index (χ4v) is 4.15. The Hall–Kier alpha value is -2.11. The van der Waals surface area contributed by atoms with E-state index in [9.17, 15) is 19.5 Å². The van der Waals surface area contributed by atoms with Crippen LogP contribution in [-0.2, 0) is 15.5 Å². The molecule has 0 heterocycles. The van der Waals surface area contributed by atoms with Crippen LogP contribution >= 0.6 is 7.82 Å². The van der Waals surface area contributed by atoms with Crippen molar-refractivity contribution < 1.29 is 28.7 Å². The second-order valence-electron chi connectivity index (χ2n) is 8.36. The average Bonchev–Trinajstić information content (AvgIpc) is 2.58. The molecular formula is C24H33O6P. The van der Waals surface area contributed by atoms with Crippen LogP contribution in [0.1, 0.15) is 63.6 Å². The number of aromatic hydroxyl groups is 1. The number of phosphoric acid groups is 1. The number of hydrogen-bond acceptors (Lipinski definition) is 4. The molecule has 0 aliphatic carbocycles. The molecule has 0 unspecified atom stereocenters. The van der Waals surface area contributed by atoms with Crippen LogP contribution in [-0.4, -0.2) is 20.7 Å². The molecule has 0 bridgehead atoms. The minimum atomic E-state index is -4.79. The second kappa shape index (κ2) is 10.0. The molecule has 0 atom stereocenters. The van der Waals surface area contributed by atoms with E-state index in [2.05, 4.69) is 13.5 Å². The minimum absolute atomic E-state index is 0.0316. The highest BCUT2D eigenvalue weighted by molar-refractivity contribution is 7.46. The maximum Gasteiger partial charge on any atom is 0.472 e. The van der Waals surface area contributed by atoms with Crippen molar-refractivity contribution in [1.82, 2.24) is 0 Å². The minimum Gasteiger partial charge on any atom is -0.507 e. The molecule has 2 aromatic carbocycles. The van der Waals surface area contributed by atoms with E-state index < -0.39 is 13.6 Å². The fourth-order valence-electron chi connectivity index (χ4n) is 3.54. The van der Waals surface area contributed by atoms with Gasteiger partial charge in [0.1, 0.15) is 11.5 Å². The Labute approximate surface area is 184 Å². The van der Waals surface area contributed by atoms with Gasteiger partial charge in [0.25, 0.3) is 0 Å². The third-order valence-corrected chi connectivity index (χ3v) is 5.49. The number of ether oxygens (including phenoxy) is 1. The van der Waals surface area contributed by atoms with Crippen molar-refractivity contribution in [2.24, 2.45) is 0 Å². The molecule has 2 rings (SSSR count). The van der Waals surface area contributed by atoms with E-state index in [-0.39, 0.29) is 11.5 Å². The summed E-state index contributed by atoms with van der Waals surface area (Å²) in [5.74, 6) is -1.31. The summed E-state index contributed by atoms with van der Waals surface area (Å²) in [7, 11) is -4.79. The van der Waals surface area contributed by atoms with Crippen LogP contribution in [0.5, 0.6) is 11.5 Å². The Morgan fingerprint density at radius 1 is 1.16 bits per heavy atom. The van der Waals surface area contributed by atoms with Crippen molar-refractivity contribution in [2.45, 2.75) is 66.1 Å². The van der Waals surface area contributed by atoms with Crippen molar-refractivity contribution in [1.29, 1.82) is 0 Å². The van der Waals surface area contributed by atoms with Gasteiger partial charge >= 0.3 is 7.82 Å². The summed E-state index contributed by atoms with van der Waals surface area (Å²) in [6.07, 6.45) is 3.84. The molecular weight excluding hydrogens is 415 g/mol. The van der Waals surface area contributed by atoms with E-state index in [1.54, 1.807) is 12.1 Å². The molecule has 0 radical (unpaired) electrons. The number of unbranched alkanes of at least 4 members (excludes halogenated alkanes) is 2. The first kappa shape index (κ1) is 25.2. The summed E-state index contributed by atoms with van der Waals surface area (Å²) in [6.45, 7) is 12.8. The van der Waals surface area contributed by atoms with Gasteiger partial charge in [-0.25, -0.2) is 9.09 Å². The number of allylic oxidation sites excluding steroid dienone is 1. The summed E-state index contributed by atoms with van der Waals surface area (Å²) in [6, 6.07) is 9.35. The molecule has 0 aliphatic rings. The van der Waals surface area contributed by atoms with Crippen LogP contribution in [0.3, 0.4) is 0 Å². The maximum absolute atomic E-state index is 11.4. The zero-order chi connectivity index (χ0) is 23.4. The Bertz CT molecular complexity index is 990. The monoisotopic (exact) mass is 448 g/mol. The van der Waals surface area contributed by atoms with Gasteiger partial charge in [-0.1, -0.05) is 55.7 Å². The van der Waals surface area contributed by atoms with E-state index in [4.69, 9.17) is 9.26 Å². The Morgan fingerprint density at radius 3 is 2.42 bits per heavy atom. The van der Waals surface area contributed by atoms with Crippen molar-refractivity contribution in [3.05, 3.63) is 53.6 Å². The molecule has 0 saturated carbocycles. The van der Waals surface area contributed by atoms with Crippen molar-refractivity contribution >= 4 is 13.4 Å². The normalized spacial score (nSPS) is 12.1. The van der Waals surface area contributed by atoms with Gasteiger partial charge in [0.2, 0.25) is 5.79 Å². The highest BCUT2D eigenvalue weighted by atomic mass is 31.2. The zero-order valence-electron chi connectivity index (χ0n) is 18.9. The molecule has 170 valence electrons. The topological polar surface area (TPSA) is 96.2 Å². The lowest BCUT2D eigenvalue weighted by Crippen LogP contribution is -2.31. The second-order valence-corrected chi connectivity index (χ2v) is 9.52. The number of phenolic OH excluding ortho intramolecular Hbond substituents is 1. The summed E-state index contributed by atoms with van der Waals surface area (Å²) in [5, 5.41) is 11.0. The molecule has 6 nitrogen and oxygen atoms in total. The summed E-state index contributed by atoms with van der Waals surface area (Å²) in [5.41, 5.74) is 4.69. The lowest BCUT2D eigenvalue weighted by atomic mass is 9.91. The van der Waals surface area contributed by atoms with E-state index in [0.717, 1.165) is 53.5 Å². The molecule has 3 N–H and O–H groups in total. The quantitative estimate of drug-likeness (QED) is 0.222. The van der Waals surface area contributed by atoms with Gasteiger partial charge in [-0.2, -0.15) is 0 Å². The number of hydrogen-bond donors (Lipinski definition) is 3. The summed E-state index contributed by atoms with van der Waals surface area (Å²) < 4.78 is 22.2. The fraction of sp³-hybridized carbons (Fsp3) is 0.417. The molecule has 2 aromatic rings. The van der Waals surface area contributed by atoms with Crippen LogP contribution in [0.2, 0.25) is 0 Å². The third kappa shape index (κ3) is 7.22. The van der Waals surface area contributed by atoms with Crippen LogP contribution in [0, 0.1) is 6.92 Å². The van der Waals surface area contributed by atoms with E-state index in [1.807, 2.05) is 32.0 Å². The van der Waals surface area contributed by atoms with Crippen LogP contribution in [0.4, 0.5) is 0 Å². The van der Waals surface area contributed by atoms with Crippen LogP contribution in [0.15, 0.2) is 36.9 Å². The van der Waals surface area contributed by atoms with Crippen LogP contribution < -0.4 is 4.74 Å². The number of benzene rings is 2. The van der Waals surface area contributed by atoms with E-state index in [0.29, 0.717) is 5.56 Å². The van der Waals surface area contributed by atoms with Gasteiger partial charge < -0.3 is 19.6 Å². The molecule has 31 heavy (non-hydrogen) atoms. The lowest BCUT2D eigenvalue weighted by molar-refractivity contribution is -0.0956. The highest BCUT2D eigenvalue weighted by Crippen LogP contribution is 2.46. The Balaban J connectivity index is 2.66. The van der Waals surface area contributed by atoms with Crippen molar-refractivity contribution in [3.63, 3.8) is 0 Å². The van der Waals surface area contributed by atoms with E-state index in [1.165, 1.54) is 13.8 Å². The predicted molar refractivity (Wildman–Crippen MR) is 124 cm³/mol. The standard InChI is InChI=1S/C24H33O6P/c1-7-8-9-10-18-14-21(25)23(20-13-17(4)11-12-19(20)16(2)3)22(15-18)29-24(5,6)30-31(26,27)28/h11-15,25H,2,7-10H2,1,3-6H3,(H2,26,27,28). The third-order valence-electron chi connectivity index (χ3n) is 4.81. The van der Waals surface area contributed by atoms with Gasteiger partial charge in [-0.05, 0) is 55.5 Å². The van der Waals surface area contributed by atoms with E-state index >= 15 is 0 Å². The van der Waals surface area contributed by atoms with Crippen LogP contribution in [0.25, 0.3) is 16.7 Å². The number of phosphoric ester groups is 1. The Morgan fingerprint density at radius 2 is 1.84 bits per heavy atom. The zero-order valence-corrected chi connectivity index (χ0v) is 19.8. The molecule has 0 fully saturated rings. The SMILES string of the molecule is C=C(C)c1ccc(C)cc1-c1c(O)cc(CCCCC)cc1OC(C)(C)OP(=O)(O)O. The largest absolute Gasteiger partial charge is 0.507 e. The molecule has 0 aliphatic heterocycles. The van der Waals surface area contributed by atoms with Gasteiger partial charge in [-0.3, -0.25) is 0 Å².